The quantitative estimate of drug-likeness (QED) is 0.534. The van der Waals surface area contributed by atoms with Gasteiger partial charge in [0.05, 0.1) is 42.6 Å². The molecule has 0 spiro atoms. The summed E-state index contributed by atoms with van der Waals surface area (Å²) >= 11 is 0. The molecule has 1 N–H and O–H groups in total. The van der Waals surface area contributed by atoms with Crippen molar-refractivity contribution in [3.05, 3.63) is 71.2 Å². The van der Waals surface area contributed by atoms with Crippen LogP contribution in [0.25, 0.3) is 11.4 Å². The first-order chi connectivity index (χ1) is 18.1. The summed E-state index contributed by atoms with van der Waals surface area (Å²) in [5.74, 6) is 0.497. The van der Waals surface area contributed by atoms with Gasteiger partial charge in [0, 0.05) is 31.4 Å². The Labute approximate surface area is 215 Å². The molecule has 3 aliphatic rings. The number of carbonyl (C=O) groups excluding carboxylic acids is 1. The lowest BCUT2D eigenvalue weighted by molar-refractivity contribution is 0.0150. The summed E-state index contributed by atoms with van der Waals surface area (Å²) in [5.41, 5.74) is 3.91. The first kappa shape index (κ1) is 23.9. The Kier molecular flexibility index (Phi) is 6.56. The number of allylic oxidation sites excluding steroid dienone is 1. The number of rotatable bonds is 6. The van der Waals surface area contributed by atoms with Crippen LogP contribution in [0.5, 0.6) is 0 Å². The second-order valence-corrected chi connectivity index (χ2v) is 10.1. The Bertz CT molecular complexity index is 1320. The van der Waals surface area contributed by atoms with Gasteiger partial charge < -0.3 is 10.1 Å². The van der Waals surface area contributed by atoms with Crippen LogP contribution in [0.2, 0.25) is 0 Å². The van der Waals surface area contributed by atoms with Gasteiger partial charge in [0.25, 0.3) is 5.91 Å². The highest BCUT2D eigenvalue weighted by Gasteiger charge is 2.26. The van der Waals surface area contributed by atoms with Gasteiger partial charge in [-0.2, -0.15) is 5.10 Å². The molecule has 0 aromatic carbocycles. The zero-order valence-electron chi connectivity index (χ0n) is 21.0. The number of nitrogens with zero attached hydrogens (tertiary/aromatic N) is 5. The molecule has 4 heterocycles. The summed E-state index contributed by atoms with van der Waals surface area (Å²) in [4.78, 5) is 24.3. The lowest BCUT2D eigenvalue weighted by Gasteiger charge is -2.36. The number of hydrogen-bond acceptors (Lipinski definition) is 6. The summed E-state index contributed by atoms with van der Waals surface area (Å²) in [6, 6.07) is 5.81. The summed E-state index contributed by atoms with van der Waals surface area (Å²) in [6.45, 7) is 5.29. The van der Waals surface area contributed by atoms with Crippen LogP contribution in [-0.4, -0.2) is 62.9 Å². The van der Waals surface area contributed by atoms with E-state index >= 15 is 4.39 Å². The van der Waals surface area contributed by atoms with Crippen molar-refractivity contribution in [2.75, 3.05) is 31.6 Å². The Balaban J connectivity index is 1.12. The van der Waals surface area contributed by atoms with Gasteiger partial charge in [-0.1, -0.05) is 12.1 Å². The van der Waals surface area contributed by atoms with E-state index in [0.29, 0.717) is 40.4 Å². The largest absolute Gasteiger partial charge is 0.379 e. The maximum Gasteiger partial charge on any atom is 0.259 e. The van der Waals surface area contributed by atoms with Gasteiger partial charge in [0.15, 0.2) is 11.6 Å². The maximum atomic E-state index is 15.0. The highest BCUT2D eigenvalue weighted by Crippen LogP contribution is 2.39. The molecular weight excluding hydrogens is 471 g/mol. The van der Waals surface area contributed by atoms with Crippen LogP contribution in [0, 0.1) is 12.7 Å². The Morgan fingerprint density at radius 1 is 1.11 bits per heavy atom. The lowest BCUT2D eigenvalue weighted by Crippen LogP contribution is -2.44. The molecule has 1 unspecified atom stereocenters. The molecule has 192 valence electrons. The van der Waals surface area contributed by atoms with E-state index in [0.717, 1.165) is 51.1 Å². The molecule has 2 aliphatic carbocycles. The molecule has 8 nitrogen and oxygen atoms in total. The number of ether oxygens (including phenoxy) is 1. The second-order valence-electron chi connectivity index (χ2n) is 10.1. The lowest BCUT2D eigenvalue weighted by atomic mass is 9.91. The predicted octanol–water partition coefficient (Wildman–Crippen LogP) is 4.51. The van der Waals surface area contributed by atoms with E-state index in [4.69, 9.17) is 4.74 Å². The van der Waals surface area contributed by atoms with Crippen LogP contribution in [0.4, 0.5) is 10.1 Å². The monoisotopic (exact) mass is 502 g/mol. The van der Waals surface area contributed by atoms with Crippen LogP contribution < -0.4 is 5.32 Å². The van der Waals surface area contributed by atoms with Crippen molar-refractivity contribution in [3.63, 3.8) is 0 Å². The molecule has 1 saturated heterocycles. The van der Waals surface area contributed by atoms with Crippen LogP contribution in [0.1, 0.15) is 65.3 Å². The number of nitrogens with one attached hydrogen (secondary N) is 1. The summed E-state index contributed by atoms with van der Waals surface area (Å²) in [6.07, 6.45) is 12.1. The van der Waals surface area contributed by atoms with Crippen LogP contribution in [0.15, 0.2) is 42.9 Å². The van der Waals surface area contributed by atoms with Gasteiger partial charge in [-0.05, 0) is 62.1 Å². The SMILES string of the molecule is Cc1c(C(=O)Nc2cnc(C3=CCC(N4CCOCC4)CC3)c(F)c2)cnn1-c1ccc(C2CC2)cn1. The van der Waals surface area contributed by atoms with Crippen molar-refractivity contribution in [1.29, 1.82) is 0 Å². The molecule has 2 fully saturated rings. The fraction of sp³-hybridized carbons (Fsp3) is 0.429. The summed E-state index contributed by atoms with van der Waals surface area (Å²) in [7, 11) is 0. The van der Waals surface area contributed by atoms with Crippen LogP contribution in [-0.2, 0) is 4.74 Å². The van der Waals surface area contributed by atoms with Gasteiger partial charge in [0.2, 0.25) is 0 Å². The molecule has 1 amide bonds. The number of amides is 1. The van der Waals surface area contributed by atoms with Crippen LogP contribution in [0.3, 0.4) is 0 Å². The zero-order chi connectivity index (χ0) is 25.4. The fourth-order valence-corrected chi connectivity index (χ4v) is 5.30. The van der Waals surface area contributed by atoms with Crippen LogP contribution >= 0.6 is 0 Å². The molecule has 3 aromatic rings. The molecule has 0 bridgehead atoms. The number of carbonyl (C=O) groups is 1. The van der Waals surface area contributed by atoms with E-state index in [1.165, 1.54) is 36.9 Å². The third-order valence-electron chi connectivity index (χ3n) is 7.64. The van der Waals surface area contributed by atoms with Crippen molar-refractivity contribution in [1.82, 2.24) is 24.6 Å². The molecule has 3 aromatic heterocycles. The molecular formula is C28H31FN6O2. The minimum absolute atomic E-state index is 0.313. The summed E-state index contributed by atoms with van der Waals surface area (Å²) in [5, 5.41) is 7.12. The van der Waals surface area contributed by atoms with Crippen molar-refractivity contribution in [2.24, 2.45) is 0 Å². The number of hydrogen-bond donors (Lipinski definition) is 1. The average Bonchev–Trinajstić information content (AvgIpc) is 3.71. The molecule has 1 atom stereocenters. The summed E-state index contributed by atoms with van der Waals surface area (Å²) < 4.78 is 22.1. The molecule has 1 saturated carbocycles. The highest BCUT2D eigenvalue weighted by atomic mass is 19.1. The highest BCUT2D eigenvalue weighted by molar-refractivity contribution is 6.04. The number of anilines is 1. The normalized spacial score (nSPS) is 20.5. The van der Waals surface area contributed by atoms with Gasteiger partial charge >= 0.3 is 0 Å². The topological polar surface area (TPSA) is 85.2 Å². The van der Waals surface area contributed by atoms with Gasteiger partial charge in [-0.25, -0.2) is 14.1 Å². The van der Waals surface area contributed by atoms with Gasteiger partial charge in [0.1, 0.15) is 5.69 Å². The Morgan fingerprint density at radius 3 is 2.62 bits per heavy atom. The van der Waals surface area contributed by atoms with Gasteiger partial charge in [-0.15, -0.1) is 0 Å². The number of morpholine rings is 1. The minimum Gasteiger partial charge on any atom is -0.379 e. The second kappa shape index (κ2) is 10.1. The number of pyridine rings is 2. The molecule has 37 heavy (non-hydrogen) atoms. The predicted molar refractivity (Wildman–Crippen MR) is 138 cm³/mol. The zero-order valence-corrected chi connectivity index (χ0v) is 21.0. The first-order valence-electron chi connectivity index (χ1n) is 13.1. The Morgan fingerprint density at radius 2 is 1.95 bits per heavy atom. The van der Waals surface area contributed by atoms with Crippen molar-refractivity contribution < 1.29 is 13.9 Å². The van der Waals surface area contributed by atoms with E-state index in [1.807, 2.05) is 19.2 Å². The third kappa shape index (κ3) is 5.06. The van der Waals surface area contributed by atoms with E-state index in [9.17, 15) is 4.79 Å². The van der Waals surface area contributed by atoms with E-state index in [-0.39, 0.29) is 5.91 Å². The van der Waals surface area contributed by atoms with Gasteiger partial charge in [-0.3, -0.25) is 14.7 Å². The third-order valence-corrected chi connectivity index (χ3v) is 7.64. The van der Waals surface area contributed by atoms with Crippen molar-refractivity contribution >= 4 is 17.2 Å². The Hall–Kier alpha value is -3.43. The van der Waals surface area contributed by atoms with Crippen molar-refractivity contribution in [2.45, 2.75) is 51.0 Å². The molecule has 9 heteroatoms. The fourth-order valence-electron chi connectivity index (χ4n) is 5.30. The minimum atomic E-state index is -0.429. The smallest absolute Gasteiger partial charge is 0.259 e. The van der Waals surface area contributed by atoms with E-state index in [2.05, 4.69) is 37.4 Å². The molecule has 6 rings (SSSR count). The number of aromatic nitrogens is 4. The van der Waals surface area contributed by atoms with Crippen molar-refractivity contribution in [3.8, 4) is 5.82 Å². The molecule has 0 radical (unpaired) electrons. The first-order valence-corrected chi connectivity index (χ1v) is 13.1. The molecule has 1 aliphatic heterocycles. The standard InChI is InChI=1S/C28H31FN6O2/c1-18-24(17-32-35(18)26-9-6-21(15-30-26)19-2-3-19)28(36)33-22-14-25(29)27(31-16-22)20-4-7-23(8-5-20)34-10-12-37-13-11-34/h4,6,9,14-17,19,23H,2-3,5,7-8,10-13H2,1H3,(H,33,36). The number of halogens is 1. The maximum absolute atomic E-state index is 15.0. The van der Waals surface area contributed by atoms with E-state index < -0.39 is 5.82 Å². The van der Waals surface area contributed by atoms with E-state index in [1.54, 1.807) is 4.68 Å². The average molecular weight is 503 g/mol.